The molecule has 0 spiro atoms. The van der Waals surface area contributed by atoms with E-state index in [9.17, 15) is 19.5 Å². The summed E-state index contributed by atoms with van der Waals surface area (Å²) in [5.74, 6) is -1.34. The highest BCUT2D eigenvalue weighted by atomic mass is 16.6. The number of carboxylic acid groups (broad SMARTS) is 1. The number of rotatable bonds is 24. The summed E-state index contributed by atoms with van der Waals surface area (Å²) in [6, 6.07) is 15.5. The van der Waals surface area contributed by atoms with Gasteiger partial charge < -0.3 is 20.0 Å². The first-order chi connectivity index (χ1) is 22.7. The number of hydroxylamine groups is 1. The van der Waals surface area contributed by atoms with E-state index in [4.69, 9.17) is 9.57 Å². The predicted octanol–water partition coefficient (Wildman–Crippen LogP) is 8.47. The minimum absolute atomic E-state index is 0.00701. The Labute approximate surface area is 282 Å². The Morgan fingerprint density at radius 2 is 1.15 bits per heavy atom. The summed E-state index contributed by atoms with van der Waals surface area (Å²) in [6.45, 7) is 6.08. The van der Waals surface area contributed by atoms with Crippen LogP contribution in [0.2, 0.25) is 0 Å². The number of amides is 1. The molecule has 1 aliphatic carbocycles. The molecule has 8 heteroatoms. The number of carboxylic acids is 1. The van der Waals surface area contributed by atoms with Gasteiger partial charge in [0.2, 0.25) is 5.91 Å². The van der Waals surface area contributed by atoms with Gasteiger partial charge in [0.1, 0.15) is 11.6 Å². The molecule has 0 unspecified atom stereocenters. The number of benzene rings is 2. The van der Waals surface area contributed by atoms with E-state index in [1.807, 2.05) is 45.0 Å². The van der Waals surface area contributed by atoms with E-state index in [1.54, 1.807) is 0 Å². The molecule has 3 rings (SSSR count). The molecule has 1 aliphatic rings. The number of hydrogen-bond donors (Lipinski definition) is 3. The van der Waals surface area contributed by atoms with Crippen molar-refractivity contribution in [3.8, 4) is 11.1 Å². The minimum atomic E-state index is -1.08. The van der Waals surface area contributed by atoms with Crippen LogP contribution in [0.1, 0.15) is 141 Å². The average molecular weight is 651 g/mol. The van der Waals surface area contributed by atoms with Gasteiger partial charge in [0.05, 0.1) is 13.2 Å². The van der Waals surface area contributed by atoms with Gasteiger partial charge in [-0.3, -0.25) is 9.59 Å². The van der Waals surface area contributed by atoms with E-state index in [0.717, 1.165) is 32.1 Å². The molecule has 0 fully saturated rings. The van der Waals surface area contributed by atoms with E-state index < -0.39 is 17.6 Å². The Hall–Kier alpha value is -3.23. The first-order valence-corrected chi connectivity index (χ1v) is 17.9. The van der Waals surface area contributed by atoms with Gasteiger partial charge in [0.15, 0.2) is 0 Å². The molecular weight excluding hydrogens is 592 g/mol. The SMILES string of the molecule is CC(C)(C)OC(=O)CCCCCCCCCCCCCCCCC(=O)N[C@@H](CNOCC1c2ccccc2-c2ccccc21)C(=O)O. The zero-order chi connectivity index (χ0) is 33.9. The Bertz CT molecular complexity index is 1190. The fourth-order valence-electron chi connectivity index (χ4n) is 6.26. The van der Waals surface area contributed by atoms with Crippen LogP contribution < -0.4 is 10.8 Å². The predicted molar refractivity (Wildman–Crippen MR) is 187 cm³/mol. The number of ether oxygens (including phenoxy) is 1. The zero-order valence-corrected chi connectivity index (χ0v) is 29.0. The van der Waals surface area contributed by atoms with Gasteiger partial charge in [-0.25, -0.2) is 4.79 Å². The van der Waals surface area contributed by atoms with Gasteiger partial charge in [-0.15, -0.1) is 0 Å². The Balaban J connectivity index is 1.14. The molecule has 1 amide bonds. The minimum Gasteiger partial charge on any atom is -0.480 e. The fraction of sp³-hybridized carbons (Fsp3) is 0.615. The second-order valence-corrected chi connectivity index (χ2v) is 13.9. The van der Waals surface area contributed by atoms with Crippen molar-refractivity contribution in [3.63, 3.8) is 0 Å². The maximum atomic E-state index is 12.4. The van der Waals surface area contributed by atoms with Crippen molar-refractivity contribution in [1.82, 2.24) is 10.8 Å². The number of fused-ring (bicyclic) bond motifs is 3. The summed E-state index contributed by atoms with van der Waals surface area (Å²) in [5.41, 5.74) is 7.20. The summed E-state index contributed by atoms with van der Waals surface area (Å²) in [6.07, 6.45) is 16.9. The molecular formula is C39H58N2O6. The largest absolute Gasteiger partial charge is 0.480 e. The van der Waals surface area contributed by atoms with Gasteiger partial charge in [0.25, 0.3) is 0 Å². The standard InChI is InChI=1S/C39H58N2O6/c1-39(2,3)47-37(43)27-17-15-13-11-9-7-5-4-6-8-10-12-14-16-26-36(42)41-35(38(44)45)28-40-46-29-34-32-24-20-18-22-30(32)31-23-19-21-25-33(31)34/h18-25,34-35,40H,4-17,26-29H2,1-3H3,(H,41,42)(H,44,45)/t35-/m0/s1. The van der Waals surface area contributed by atoms with Crippen LogP contribution in [0.15, 0.2) is 48.5 Å². The quantitative estimate of drug-likeness (QED) is 0.0593. The van der Waals surface area contributed by atoms with Crippen molar-refractivity contribution < 1.29 is 29.1 Å². The summed E-state index contributed by atoms with van der Waals surface area (Å²) in [4.78, 5) is 41.6. The summed E-state index contributed by atoms with van der Waals surface area (Å²) < 4.78 is 5.35. The molecule has 0 saturated carbocycles. The van der Waals surface area contributed by atoms with Gasteiger partial charge in [-0.05, 0) is 55.9 Å². The van der Waals surface area contributed by atoms with E-state index in [0.29, 0.717) is 19.4 Å². The van der Waals surface area contributed by atoms with E-state index in [-0.39, 0.29) is 24.3 Å². The average Bonchev–Trinajstić information content (AvgIpc) is 3.34. The molecule has 0 aliphatic heterocycles. The van der Waals surface area contributed by atoms with Crippen LogP contribution in [0.25, 0.3) is 11.1 Å². The number of carbonyl (C=O) groups excluding carboxylic acids is 2. The van der Waals surface area contributed by atoms with Crippen molar-refractivity contribution in [2.24, 2.45) is 0 Å². The van der Waals surface area contributed by atoms with E-state index >= 15 is 0 Å². The Morgan fingerprint density at radius 1 is 0.702 bits per heavy atom. The highest BCUT2D eigenvalue weighted by Crippen LogP contribution is 2.44. The van der Waals surface area contributed by atoms with Crippen LogP contribution in [0, 0.1) is 0 Å². The molecule has 3 N–H and O–H groups in total. The van der Waals surface area contributed by atoms with Crippen LogP contribution in [0.4, 0.5) is 0 Å². The molecule has 0 bridgehead atoms. The molecule has 0 radical (unpaired) electrons. The second-order valence-electron chi connectivity index (χ2n) is 13.9. The lowest BCUT2D eigenvalue weighted by Crippen LogP contribution is -2.47. The highest BCUT2D eigenvalue weighted by Gasteiger charge is 2.28. The first kappa shape index (κ1) is 38.2. The van der Waals surface area contributed by atoms with Crippen LogP contribution in [0.3, 0.4) is 0 Å². The molecule has 0 saturated heterocycles. The Kier molecular flexibility index (Phi) is 17.0. The number of hydrogen-bond acceptors (Lipinski definition) is 6. The molecule has 47 heavy (non-hydrogen) atoms. The highest BCUT2D eigenvalue weighted by molar-refractivity contribution is 5.83. The monoisotopic (exact) mass is 650 g/mol. The van der Waals surface area contributed by atoms with Crippen molar-refractivity contribution >= 4 is 17.8 Å². The lowest BCUT2D eigenvalue weighted by Gasteiger charge is -2.19. The molecule has 0 heterocycles. The maximum absolute atomic E-state index is 12.4. The lowest BCUT2D eigenvalue weighted by atomic mass is 9.98. The smallest absolute Gasteiger partial charge is 0.327 e. The number of nitrogens with one attached hydrogen (secondary N) is 2. The number of esters is 1. The molecule has 260 valence electrons. The van der Waals surface area contributed by atoms with Crippen molar-refractivity contribution in [2.75, 3.05) is 13.2 Å². The van der Waals surface area contributed by atoms with Crippen molar-refractivity contribution in [2.45, 2.75) is 141 Å². The van der Waals surface area contributed by atoms with Crippen LogP contribution >= 0.6 is 0 Å². The van der Waals surface area contributed by atoms with Crippen molar-refractivity contribution in [3.05, 3.63) is 59.7 Å². The molecule has 1 atom stereocenters. The van der Waals surface area contributed by atoms with Gasteiger partial charge in [0, 0.05) is 18.8 Å². The van der Waals surface area contributed by atoms with Crippen molar-refractivity contribution in [1.29, 1.82) is 0 Å². The molecule has 2 aromatic carbocycles. The number of carbonyl (C=O) groups is 3. The Morgan fingerprint density at radius 3 is 1.62 bits per heavy atom. The third-order valence-electron chi connectivity index (χ3n) is 8.69. The van der Waals surface area contributed by atoms with Gasteiger partial charge >= 0.3 is 11.9 Å². The van der Waals surface area contributed by atoms with Gasteiger partial charge in [-0.1, -0.05) is 126 Å². The van der Waals surface area contributed by atoms with Crippen LogP contribution in [-0.2, 0) is 24.0 Å². The third kappa shape index (κ3) is 14.6. The summed E-state index contributed by atoms with van der Waals surface area (Å²) >= 11 is 0. The summed E-state index contributed by atoms with van der Waals surface area (Å²) in [7, 11) is 0. The number of aliphatic carboxylic acids is 1. The third-order valence-corrected chi connectivity index (χ3v) is 8.69. The fourth-order valence-corrected chi connectivity index (χ4v) is 6.26. The molecule has 0 aromatic heterocycles. The molecule has 8 nitrogen and oxygen atoms in total. The summed E-state index contributed by atoms with van der Waals surface area (Å²) in [5, 5.41) is 12.3. The zero-order valence-electron chi connectivity index (χ0n) is 29.0. The van der Waals surface area contributed by atoms with E-state index in [1.165, 1.54) is 80.0 Å². The van der Waals surface area contributed by atoms with E-state index in [2.05, 4.69) is 35.1 Å². The molecule has 2 aromatic rings. The topological polar surface area (TPSA) is 114 Å². The van der Waals surface area contributed by atoms with Crippen LogP contribution in [-0.4, -0.2) is 47.7 Å². The number of unbranched alkanes of at least 4 members (excludes halogenated alkanes) is 13. The van der Waals surface area contributed by atoms with Crippen LogP contribution in [0.5, 0.6) is 0 Å². The first-order valence-electron chi connectivity index (χ1n) is 17.9. The second kappa shape index (κ2) is 20.9. The lowest BCUT2D eigenvalue weighted by molar-refractivity contribution is -0.155. The van der Waals surface area contributed by atoms with Gasteiger partial charge in [-0.2, -0.15) is 5.48 Å². The normalized spacial score (nSPS) is 13.2. The maximum Gasteiger partial charge on any atom is 0.327 e.